The molecule has 0 saturated carbocycles. The molecule has 0 spiro atoms. The maximum atomic E-state index is 11.2. The summed E-state index contributed by atoms with van der Waals surface area (Å²) in [6.45, 7) is 2.07. The molecule has 0 aliphatic rings. The molecule has 70 valence electrons. The molecule has 4 heteroatoms. The molecule has 0 saturated heterocycles. The van der Waals surface area contributed by atoms with Crippen molar-refractivity contribution in [1.82, 2.24) is 0 Å². The highest BCUT2D eigenvalue weighted by Gasteiger charge is 2.09. The maximum absolute atomic E-state index is 11.2. The van der Waals surface area contributed by atoms with Gasteiger partial charge in [0.25, 0.3) is 0 Å². The Morgan fingerprint density at radius 3 is 2.85 bits per heavy atom. The van der Waals surface area contributed by atoms with Crippen LogP contribution in [0.1, 0.15) is 17.3 Å². The fraction of sp³-hybridized carbons (Fsp3) is 0.222. The fourth-order valence-electron chi connectivity index (χ4n) is 0.928. The number of esters is 1. The first-order valence-corrected chi connectivity index (χ1v) is 4.25. The highest BCUT2D eigenvalue weighted by atomic mass is 35.5. The zero-order valence-electron chi connectivity index (χ0n) is 7.21. The summed E-state index contributed by atoms with van der Waals surface area (Å²) in [5, 5.41) is 0.505. The number of rotatable bonds is 2. The average molecular weight is 200 g/mol. The molecule has 1 aromatic carbocycles. The van der Waals surface area contributed by atoms with Gasteiger partial charge in [0, 0.05) is 10.7 Å². The van der Waals surface area contributed by atoms with Crippen LogP contribution in [0.5, 0.6) is 0 Å². The lowest BCUT2D eigenvalue weighted by atomic mass is 10.2. The first kappa shape index (κ1) is 9.86. The minimum Gasteiger partial charge on any atom is -0.462 e. The summed E-state index contributed by atoms with van der Waals surface area (Å²) >= 11 is 5.67. The normalized spacial score (nSPS) is 9.69. The second-order valence-corrected chi connectivity index (χ2v) is 2.89. The van der Waals surface area contributed by atoms with E-state index >= 15 is 0 Å². The number of benzene rings is 1. The third kappa shape index (κ3) is 2.36. The molecular weight excluding hydrogens is 190 g/mol. The van der Waals surface area contributed by atoms with Crippen LogP contribution in [-0.4, -0.2) is 12.6 Å². The van der Waals surface area contributed by atoms with Crippen molar-refractivity contribution in [3.8, 4) is 0 Å². The van der Waals surface area contributed by atoms with Gasteiger partial charge in [0.2, 0.25) is 0 Å². The molecule has 0 bridgehead atoms. The number of hydrogen-bond acceptors (Lipinski definition) is 3. The predicted molar refractivity (Wildman–Crippen MR) is 51.8 cm³/mol. The van der Waals surface area contributed by atoms with Crippen molar-refractivity contribution >= 4 is 23.3 Å². The summed E-state index contributed by atoms with van der Waals surface area (Å²) in [5.74, 6) is -0.420. The summed E-state index contributed by atoms with van der Waals surface area (Å²) in [4.78, 5) is 11.2. The van der Waals surface area contributed by atoms with E-state index < -0.39 is 5.97 Å². The smallest absolute Gasteiger partial charge is 0.340 e. The van der Waals surface area contributed by atoms with Crippen LogP contribution in [0, 0.1) is 0 Å². The van der Waals surface area contributed by atoms with E-state index in [4.69, 9.17) is 22.1 Å². The van der Waals surface area contributed by atoms with E-state index in [1.165, 1.54) is 6.07 Å². The molecule has 0 unspecified atom stereocenters. The summed E-state index contributed by atoms with van der Waals surface area (Å²) in [7, 11) is 0. The molecule has 1 rings (SSSR count). The topological polar surface area (TPSA) is 52.3 Å². The predicted octanol–water partition coefficient (Wildman–Crippen LogP) is 2.10. The summed E-state index contributed by atoms with van der Waals surface area (Å²) in [6, 6.07) is 4.67. The largest absolute Gasteiger partial charge is 0.462 e. The summed E-state index contributed by atoms with van der Waals surface area (Å²) < 4.78 is 4.79. The van der Waals surface area contributed by atoms with Crippen molar-refractivity contribution in [2.45, 2.75) is 6.92 Å². The third-order valence-electron chi connectivity index (χ3n) is 1.51. The van der Waals surface area contributed by atoms with E-state index in [9.17, 15) is 4.79 Å². The van der Waals surface area contributed by atoms with Crippen LogP contribution in [0.4, 0.5) is 5.69 Å². The van der Waals surface area contributed by atoms with Gasteiger partial charge in [-0.25, -0.2) is 4.79 Å². The lowest BCUT2D eigenvalue weighted by molar-refractivity contribution is 0.0527. The fourth-order valence-corrected chi connectivity index (χ4v) is 1.11. The van der Waals surface area contributed by atoms with Gasteiger partial charge in [0.1, 0.15) is 0 Å². The number of ether oxygens (including phenoxy) is 1. The van der Waals surface area contributed by atoms with Crippen molar-refractivity contribution in [2.24, 2.45) is 0 Å². The molecule has 0 aliphatic carbocycles. The zero-order chi connectivity index (χ0) is 9.84. The molecule has 0 atom stereocenters. The van der Waals surface area contributed by atoms with E-state index in [0.717, 1.165) is 0 Å². The SMILES string of the molecule is CCOC(=O)c1ccc(Cl)cc1N. The minimum atomic E-state index is -0.420. The van der Waals surface area contributed by atoms with E-state index in [-0.39, 0.29) is 0 Å². The van der Waals surface area contributed by atoms with Crippen molar-refractivity contribution in [1.29, 1.82) is 0 Å². The molecule has 0 radical (unpaired) electrons. The molecule has 13 heavy (non-hydrogen) atoms. The Kier molecular flexibility index (Phi) is 3.14. The number of carbonyl (C=O) groups excluding carboxylic acids is 1. The molecule has 2 N–H and O–H groups in total. The molecule has 0 aromatic heterocycles. The summed E-state index contributed by atoms with van der Waals surface area (Å²) in [5.41, 5.74) is 6.26. The third-order valence-corrected chi connectivity index (χ3v) is 1.74. The minimum absolute atomic E-state index is 0.334. The Morgan fingerprint density at radius 2 is 2.31 bits per heavy atom. The maximum Gasteiger partial charge on any atom is 0.340 e. The van der Waals surface area contributed by atoms with Crippen molar-refractivity contribution in [3.63, 3.8) is 0 Å². The van der Waals surface area contributed by atoms with Crippen LogP contribution in [0.15, 0.2) is 18.2 Å². The van der Waals surface area contributed by atoms with Gasteiger partial charge in [-0.15, -0.1) is 0 Å². The number of nitrogens with two attached hydrogens (primary N) is 1. The van der Waals surface area contributed by atoms with Crippen LogP contribution in [0.2, 0.25) is 5.02 Å². The van der Waals surface area contributed by atoms with E-state index in [1.54, 1.807) is 19.1 Å². The van der Waals surface area contributed by atoms with Gasteiger partial charge in [-0.05, 0) is 25.1 Å². The number of carbonyl (C=O) groups is 1. The molecule has 3 nitrogen and oxygen atoms in total. The van der Waals surface area contributed by atoms with Gasteiger partial charge in [-0.2, -0.15) is 0 Å². The van der Waals surface area contributed by atoms with E-state index in [0.29, 0.717) is 22.9 Å². The second kappa shape index (κ2) is 4.14. The van der Waals surface area contributed by atoms with Crippen LogP contribution in [-0.2, 0) is 4.74 Å². The Labute approximate surface area is 81.4 Å². The van der Waals surface area contributed by atoms with Gasteiger partial charge >= 0.3 is 5.97 Å². The van der Waals surface area contributed by atoms with Gasteiger partial charge in [0.05, 0.1) is 12.2 Å². The van der Waals surface area contributed by atoms with Crippen molar-refractivity contribution < 1.29 is 9.53 Å². The molecule has 0 fully saturated rings. The first-order chi connectivity index (χ1) is 6.15. The van der Waals surface area contributed by atoms with Crippen molar-refractivity contribution in [3.05, 3.63) is 28.8 Å². The second-order valence-electron chi connectivity index (χ2n) is 2.45. The Balaban J connectivity index is 2.95. The number of hydrogen-bond donors (Lipinski definition) is 1. The highest BCUT2D eigenvalue weighted by Crippen LogP contribution is 2.18. The molecule has 0 aliphatic heterocycles. The molecule has 0 heterocycles. The molecule has 1 aromatic rings. The van der Waals surface area contributed by atoms with Crippen LogP contribution in [0.25, 0.3) is 0 Å². The lowest BCUT2D eigenvalue weighted by Crippen LogP contribution is -2.07. The number of anilines is 1. The number of halogens is 1. The van der Waals surface area contributed by atoms with E-state index in [2.05, 4.69) is 0 Å². The summed E-state index contributed by atoms with van der Waals surface area (Å²) in [6.07, 6.45) is 0. The Bertz CT molecular complexity index is 325. The Hall–Kier alpha value is -1.22. The monoisotopic (exact) mass is 199 g/mol. The van der Waals surface area contributed by atoms with Crippen LogP contribution in [0.3, 0.4) is 0 Å². The quantitative estimate of drug-likeness (QED) is 0.586. The van der Waals surface area contributed by atoms with Gasteiger partial charge < -0.3 is 10.5 Å². The lowest BCUT2D eigenvalue weighted by Gasteiger charge is -2.04. The average Bonchev–Trinajstić information content (AvgIpc) is 2.04. The van der Waals surface area contributed by atoms with Crippen molar-refractivity contribution in [2.75, 3.05) is 12.3 Å². The standard InChI is InChI=1S/C9H10ClNO2/c1-2-13-9(12)7-4-3-6(10)5-8(7)11/h3-5H,2,11H2,1H3. The van der Waals surface area contributed by atoms with Gasteiger partial charge in [-0.1, -0.05) is 11.6 Å². The molecular formula is C9H10ClNO2. The van der Waals surface area contributed by atoms with Gasteiger partial charge in [-0.3, -0.25) is 0 Å². The zero-order valence-corrected chi connectivity index (χ0v) is 7.97. The van der Waals surface area contributed by atoms with Crippen LogP contribution >= 0.6 is 11.6 Å². The van der Waals surface area contributed by atoms with Crippen LogP contribution < -0.4 is 5.73 Å². The van der Waals surface area contributed by atoms with E-state index in [1.807, 2.05) is 0 Å². The first-order valence-electron chi connectivity index (χ1n) is 3.87. The number of nitrogen functional groups attached to an aromatic ring is 1. The van der Waals surface area contributed by atoms with Gasteiger partial charge in [0.15, 0.2) is 0 Å². The Morgan fingerprint density at radius 1 is 1.62 bits per heavy atom. The molecule has 0 amide bonds. The highest BCUT2D eigenvalue weighted by molar-refractivity contribution is 6.31.